The quantitative estimate of drug-likeness (QED) is 0.741. The number of benzene rings is 1. The minimum atomic E-state index is 0.786. The fourth-order valence-corrected chi connectivity index (χ4v) is 3.18. The average molecular weight is 349 g/mol. The highest BCUT2D eigenvalue weighted by atomic mass is 16.5. The number of hydrogen-bond acceptors (Lipinski definition) is 5. The summed E-state index contributed by atoms with van der Waals surface area (Å²) in [4.78, 5) is 11.0. The molecule has 3 aromatic rings. The maximum absolute atomic E-state index is 5.47. The molecule has 6 nitrogen and oxygen atoms in total. The molecule has 0 saturated carbocycles. The van der Waals surface area contributed by atoms with Gasteiger partial charge in [-0.05, 0) is 23.3 Å². The van der Waals surface area contributed by atoms with Crippen molar-refractivity contribution >= 4 is 5.69 Å². The van der Waals surface area contributed by atoms with Gasteiger partial charge in [-0.1, -0.05) is 24.3 Å². The van der Waals surface area contributed by atoms with Crippen molar-refractivity contribution in [2.45, 2.75) is 13.1 Å². The lowest BCUT2D eigenvalue weighted by Gasteiger charge is -2.30. The molecule has 1 aromatic carbocycles. The van der Waals surface area contributed by atoms with Crippen molar-refractivity contribution < 1.29 is 4.74 Å². The Morgan fingerprint density at radius 1 is 1.04 bits per heavy atom. The molecule has 0 radical (unpaired) electrons. The molecule has 0 spiro atoms. The number of ether oxygens (including phenoxy) is 1. The first-order chi connectivity index (χ1) is 12.9. The number of nitrogens with one attached hydrogen (secondary N) is 1. The number of imidazole rings is 1. The Hall–Kier alpha value is -2.70. The highest BCUT2D eigenvalue weighted by Gasteiger charge is 2.14. The van der Waals surface area contributed by atoms with E-state index in [1.165, 1.54) is 11.3 Å². The molecule has 0 bridgehead atoms. The second-order valence-electron chi connectivity index (χ2n) is 6.33. The number of morpholine rings is 1. The maximum atomic E-state index is 5.47. The first-order valence-electron chi connectivity index (χ1n) is 8.95. The summed E-state index contributed by atoms with van der Waals surface area (Å²) in [6.45, 7) is 5.13. The molecule has 6 heteroatoms. The van der Waals surface area contributed by atoms with Crippen LogP contribution < -0.4 is 10.2 Å². The molecule has 1 N–H and O–H groups in total. The Balaban J connectivity index is 1.36. The second kappa shape index (κ2) is 8.12. The van der Waals surface area contributed by atoms with E-state index in [4.69, 9.17) is 4.74 Å². The van der Waals surface area contributed by atoms with Crippen LogP contribution in [0.25, 0.3) is 5.82 Å². The van der Waals surface area contributed by atoms with Gasteiger partial charge in [0.05, 0.1) is 13.2 Å². The highest BCUT2D eigenvalue weighted by molar-refractivity contribution is 5.53. The number of aromatic nitrogens is 3. The zero-order chi connectivity index (χ0) is 17.6. The fraction of sp³-hybridized carbons (Fsp3) is 0.300. The third-order valence-corrected chi connectivity index (χ3v) is 4.57. The Bertz CT molecular complexity index is 810. The summed E-state index contributed by atoms with van der Waals surface area (Å²) in [6, 6.07) is 12.7. The van der Waals surface area contributed by atoms with Crippen LogP contribution >= 0.6 is 0 Å². The molecule has 4 rings (SSSR count). The van der Waals surface area contributed by atoms with Crippen molar-refractivity contribution in [1.29, 1.82) is 0 Å². The van der Waals surface area contributed by atoms with Crippen molar-refractivity contribution in [2.75, 3.05) is 31.2 Å². The molecule has 0 atom stereocenters. The number of nitrogens with zero attached hydrogens (tertiary/aromatic N) is 4. The fourth-order valence-electron chi connectivity index (χ4n) is 3.18. The highest BCUT2D eigenvalue weighted by Crippen LogP contribution is 2.21. The van der Waals surface area contributed by atoms with Gasteiger partial charge in [0, 0.05) is 50.5 Å². The maximum Gasteiger partial charge on any atom is 0.137 e. The monoisotopic (exact) mass is 349 g/mol. The van der Waals surface area contributed by atoms with Gasteiger partial charge in [-0.25, -0.2) is 9.97 Å². The normalized spacial score (nSPS) is 14.5. The van der Waals surface area contributed by atoms with Crippen molar-refractivity contribution in [3.63, 3.8) is 0 Å². The van der Waals surface area contributed by atoms with Gasteiger partial charge in [0.15, 0.2) is 0 Å². The molecule has 134 valence electrons. The van der Waals surface area contributed by atoms with Gasteiger partial charge < -0.3 is 15.0 Å². The van der Waals surface area contributed by atoms with E-state index in [1.807, 2.05) is 23.0 Å². The predicted octanol–water partition coefficient (Wildman–Crippen LogP) is 2.39. The van der Waals surface area contributed by atoms with E-state index >= 15 is 0 Å². The minimum absolute atomic E-state index is 0.786. The average Bonchev–Trinajstić information content (AvgIpc) is 3.24. The predicted molar refractivity (Wildman–Crippen MR) is 101 cm³/mol. The van der Waals surface area contributed by atoms with Crippen LogP contribution in [0.4, 0.5) is 5.69 Å². The lowest BCUT2D eigenvalue weighted by atomic mass is 10.1. The van der Waals surface area contributed by atoms with Crippen molar-refractivity contribution in [1.82, 2.24) is 19.9 Å². The Morgan fingerprint density at radius 2 is 1.92 bits per heavy atom. The van der Waals surface area contributed by atoms with Gasteiger partial charge >= 0.3 is 0 Å². The van der Waals surface area contributed by atoms with Crippen molar-refractivity contribution in [3.05, 3.63) is 72.4 Å². The smallest absolute Gasteiger partial charge is 0.137 e. The minimum Gasteiger partial charge on any atom is -0.378 e. The topological polar surface area (TPSA) is 55.2 Å². The lowest BCUT2D eigenvalue weighted by Crippen LogP contribution is -2.37. The summed E-state index contributed by atoms with van der Waals surface area (Å²) in [7, 11) is 0. The van der Waals surface area contributed by atoms with Crippen LogP contribution in [0.1, 0.15) is 11.1 Å². The van der Waals surface area contributed by atoms with E-state index in [0.29, 0.717) is 0 Å². The number of anilines is 1. The zero-order valence-corrected chi connectivity index (χ0v) is 14.7. The van der Waals surface area contributed by atoms with Gasteiger partial charge in [0.25, 0.3) is 0 Å². The van der Waals surface area contributed by atoms with E-state index in [9.17, 15) is 0 Å². The lowest BCUT2D eigenvalue weighted by molar-refractivity contribution is 0.122. The largest absolute Gasteiger partial charge is 0.378 e. The van der Waals surface area contributed by atoms with Crippen LogP contribution in [-0.2, 0) is 17.8 Å². The Labute approximate surface area is 153 Å². The molecule has 0 aliphatic carbocycles. The molecule has 1 aliphatic rings. The molecule has 1 aliphatic heterocycles. The second-order valence-corrected chi connectivity index (χ2v) is 6.33. The van der Waals surface area contributed by atoms with Gasteiger partial charge in [0.1, 0.15) is 12.1 Å². The third-order valence-electron chi connectivity index (χ3n) is 4.57. The summed E-state index contributed by atoms with van der Waals surface area (Å²) < 4.78 is 7.37. The van der Waals surface area contributed by atoms with E-state index in [-0.39, 0.29) is 0 Å². The van der Waals surface area contributed by atoms with E-state index in [1.54, 1.807) is 12.5 Å². The van der Waals surface area contributed by atoms with Crippen molar-refractivity contribution in [2.24, 2.45) is 0 Å². The summed E-state index contributed by atoms with van der Waals surface area (Å²) in [5, 5.41) is 3.53. The number of hydrogen-bond donors (Lipinski definition) is 1. The van der Waals surface area contributed by atoms with Gasteiger partial charge in [-0.3, -0.25) is 4.57 Å². The van der Waals surface area contributed by atoms with Crippen molar-refractivity contribution in [3.8, 4) is 5.82 Å². The van der Waals surface area contributed by atoms with Gasteiger partial charge in [-0.15, -0.1) is 0 Å². The molecule has 1 saturated heterocycles. The van der Waals surface area contributed by atoms with Crippen LogP contribution in [0, 0.1) is 0 Å². The molecule has 26 heavy (non-hydrogen) atoms. The van der Waals surface area contributed by atoms with Crippen LogP contribution in [0.2, 0.25) is 0 Å². The zero-order valence-electron chi connectivity index (χ0n) is 14.7. The molecule has 2 aromatic heterocycles. The van der Waals surface area contributed by atoms with E-state index < -0.39 is 0 Å². The number of para-hydroxylation sites is 1. The van der Waals surface area contributed by atoms with E-state index in [0.717, 1.165) is 50.8 Å². The first kappa shape index (κ1) is 16.8. The Kier molecular flexibility index (Phi) is 5.23. The van der Waals surface area contributed by atoms with Gasteiger partial charge in [-0.2, -0.15) is 0 Å². The molecule has 1 fully saturated rings. The number of rotatable bonds is 6. The summed E-state index contributed by atoms with van der Waals surface area (Å²) >= 11 is 0. The summed E-state index contributed by atoms with van der Waals surface area (Å²) in [5.74, 6) is 0.879. The van der Waals surface area contributed by atoms with Crippen LogP contribution in [0.3, 0.4) is 0 Å². The summed E-state index contributed by atoms with van der Waals surface area (Å²) in [6.07, 6.45) is 7.31. The summed E-state index contributed by atoms with van der Waals surface area (Å²) in [5.41, 5.74) is 3.78. The van der Waals surface area contributed by atoms with E-state index in [2.05, 4.69) is 50.5 Å². The van der Waals surface area contributed by atoms with Crippen LogP contribution in [0.15, 0.2) is 61.3 Å². The molecule has 0 amide bonds. The Morgan fingerprint density at radius 3 is 2.69 bits per heavy atom. The molecular formula is C20H23N5O. The number of pyridine rings is 1. The van der Waals surface area contributed by atoms with Crippen LogP contribution in [-0.4, -0.2) is 40.8 Å². The molecule has 3 heterocycles. The SMILES string of the molecule is c1ccc(N2CCOCC2)c(CNCc2ccc(-n3ccnc3)nc2)c1. The first-order valence-corrected chi connectivity index (χ1v) is 8.95. The standard InChI is InChI=1S/C20H23N5O/c1-2-4-19(24-9-11-26-12-10-24)18(3-1)15-22-13-17-5-6-20(23-14-17)25-8-7-21-16-25/h1-8,14,16,22H,9-13,15H2. The third kappa shape index (κ3) is 3.92. The molecule has 0 unspecified atom stereocenters. The van der Waals surface area contributed by atoms with Crippen LogP contribution in [0.5, 0.6) is 0 Å². The van der Waals surface area contributed by atoms with Gasteiger partial charge in [0.2, 0.25) is 0 Å². The molecular weight excluding hydrogens is 326 g/mol.